The van der Waals surface area contributed by atoms with Crippen molar-refractivity contribution < 1.29 is 14.3 Å². The zero-order valence-corrected chi connectivity index (χ0v) is 14.7. The maximum Gasteiger partial charge on any atom is 0.274 e. The van der Waals surface area contributed by atoms with Crippen molar-refractivity contribution in [2.24, 2.45) is 0 Å². The van der Waals surface area contributed by atoms with E-state index in [4.69, 9.17) is 9.47 Å². The molecule has 132 valence electrons. The predicted octanol–water partition coefficient (Wildman–Crippen LogP) is 2.85. The summed E-state index contributed by atoms with van der Waals surface area (Å²) in [5, 5.41) is 9.18. The molecule has 4 rings (SSSR count). The molecule has 6 nitrogen and oxygen atoms in total. The number of benzene rings is 2. The predicted molar refractivity (Wildman–Crippen MR) is 97.5 cm³/mol. The second-order valence-corrected chi connectivity index (χ2v) is 6.24. The Morgan fingerprint density at radius 1 is 1.00 bits per heavy atom. The number of nitrogens with zero attached hydrogens (tertiary/aromatic N) is 3. The molecule has 0 bridgehead atoms. The van der Waals surface area contributed by atoms with Crippen LogP contribution in [0.25, 0.3) is 10.9 Å². The topological polar surface area (TPSA) is 64.6 Å². The number of amides is 1. The summed E-state index contributed by atoms with van der Waals surface area (Å²) < 4.78 is 10.7. The van der Waals surface area contributed by atoms with E-state index < -0.39 is 0 Å². The van der Waals surface area contributed by atoms with Gasteiger partial charge in [-0.2, -0.15) is 0 Å². The largest absolute Gasteiger partial charge is 0.493 e. The van der Waals surface area contributed by atoms with E-state index in [0.717, 1.165) is 22.9 Å². The lowest BCUT2D eigenvalue weighted by molar-refractivity contribution is 0.0727. The van der Waals surface area contributed by atoms with Crippen LogP contribution in [0.1, 0.15) is 21.6 Å². The lowest BCUT2D eigenvalue weighted by Crippen LogP contribution is -2.36. The first-order valence-electron chi connectivity index (χ1n) is 8.45. The summed E-state index contributed by atoms with van der Waals surface area (Å²) in [6, 6.07) is 13.4. The van der Waals surface area contributed by atoms with Gasteiger partial charge in [-0.25, -0.2) is 0 Å². The number of carbonyl (C=O) groups is 1. The molecule has 1 aromatic heterocycles. The van der Waals surface area contributed by atoms with Gasteiger partial charge in [0.1, 0.15) is 0 Å². The molecule has 3 aromatic rings. The number of carbonyl (C=O) groups excluding carboxylic acids is 1. The summed E-state index contributed by atoms with van der Waals surface area (Å²) in [5.41, 5.74) is 3.39. The molecule has 0 saturated heterocycles. The molecule has 2 aromatic carbocycles. The van der Waals surface area contributed by atoms with E-state index >= 15 is 0 Å². The Bertz CT molecular complexity index is 987. The van der Waals surface area contributed by atoms with Crippen LogP contribution in [0, 0.1) is 0 Å². The molecule has 6 heteroatoms. The lowest BCUT2D eigenvalue weighted by Gasteiger charge is -2.29. The smallest absolute Gasteiger partial charge is 0.274 e. The summed E-state index contributed by atoms with van der Waals surface area (Å²) in [5.74, 6) is 1.28. The number of rotatable bonds is 3. The maximum atomic E-state index is 12.9. The highest BCUT2D eigenvalue weighted by atomic mass is 16.5. The van der Waals surface area contributed by atoms with Crippen molar-refractivity contribution in [3.05, 3.63) is 59.3 Å². The van der Waals surface area contributed by atoms with E-state index in [9.17, 15) is 4.79 Å². The third-order valence-electron chi connectivity index (χ3n) is 4.72. The Morgan fingerprint density at radius 2 is 1.73 bits per heavy atom. The molecule has 0 N–H and O–H groups in total. The van der Waals surface area contributed by atoms with Gasteiger partial charge in [-0.15, -0.1) is 10.2 Å². The SMILES string of the molecule is COc1cc2c(cc1OC)CN(C(=O)c1cc3ccccc3nn1)CC2. The van der Waals surface area contributed by atoms with Crippen molar-refractivity contribution >= 4 is 16.8 Å². The van der Waals surface area contributed by atoms with Crippen molar-refractivity contribution in [2.75, 3.05) is 20.8 Å². The van der Waals surface area contributed by atoms with Crippen LogP contribution in [-0.4, -0.2) is 41.8 Å². The van der Waals surface area contributed by atoms with Crippen molar-refractivity contribution in [3.8, 4) is 11.5 Å². The van der Waals surface area contributed by atoms with Crippen LogP contribution in [0.3, 0.4) is 0 Å². The summed E-state index contributed by atoms with van der Waals surface area (Å²) >= 11 is 0. The van der Waals surface area contributed by atoms with Crippen LogP contribution in [0.15, 0.2) is 42.5 Å². The zero-order valence-electron chi connectivity index (χ0n) is 14.7. The highest BCUT2D eigenvalue weighted by Crippen LogP contribution is 2.33. The van der Waals surface area contributed by atoms with E-state index in [1.165, 1.54) is 5.56 Å². The minimum atomic E-state index is -0.108. The first-order chi connectivity index (χ1) is 12.7. The van der Waals surface area contributed by atoms with Crippen molar-refractivity contribution in [1.82, 2.24) is 15.1 Å². The lowest BCUT2D eigenvalue weighted by atomic mass is 9.98. The van der Waals surface area contributed by atoms with Crippen LogP contribution >= 0.6 is 0 Å². The number of ether oxygens (including phenoxy) is 2. The molecule has 2 heterocycles. The highest BCUT2D eigenvalue weighted by molar-refractivity contribution is 5.95. The van der Waals surface area contributed by atoms with Gasteiger partial charge >= 0.3 is 0 Å². The fourth-order valence-electron chi connectivity index (χ4n) is 3.31. The molecule has 0 aliphatic carbocycles. The number of methoxy groups -OCH3 is 2. The number of hydrogen-bond acceptors (Lipinski definition) is 5. The van der Waals surface area contributed by atoms with E-state index in [1.807, 2.05) is 36.4 Å². The average molecular weight is 349 g/mol. The molecule has 1 aliphatic rings. The molecule has 0 fully saturated rings. The minimum Gasteiger partial charge on any atom is -0.493 e. The van der Waals surface area contributed by atoms with Gasteiger partial charge in [0, 0.05) is 18.5 Å². The van der Waals surface area contributed by atoms with Crippen molar-refractivity contribution in [1.29, 1.82) is 0 Å². The quantitative estimate of drug-likeness (QED) is 0.727. The van der Waals surface area contributed by atoms with Gasteiger partial charge in [0.25, 0.3) is 5.91 Å². The molecule has 0 radical (unpaired) electrons. The molecule has 0 atom stereocenters. The summed E-state index contributed by atoms with van der Waals surface area (Å²) in [4.78, 5) is 14.7. The molecule has 1 amide bonds. The van der Waals surface area contributed by atoms with Crippen LogP contribution in [0.2, 0.25) is 0 Å². The minimum absolute atomic E-state index is 0.108. The van der Waals surface area contributed by atoms with Crippen LogP contribution in [0.5, 0.6) is 11.5 Å². The monoisotopic (exact) mass is 349 g/mol. The second kappa shape index (κ2) is 6.63. The standard InChI is InChI=1S/C20H19N3O3/c1-25-18-10-13-7-8-23(12-15(13)11-19(18)26-2)20(24)17-9-14-5-3-4-6-16(14)21-22-17/h3-6,9-11H,7-8,12H2,1-2H3. The molecule has 26 heavy (non-hydrogen) atoms. The van der Waals surface area contributed by atoms with E-state index in [0.29, 0.717) is 30.3 Å². The number of fused-ring (bicyclic) bond motifs is 2. The molecular formula is C20H19N3O3. The number of hydrogen-bond donors (Lipinski definition) is 0. The molecular weight excluding hydrogens is 330 g/mol. The van der Waals surface area contributed by atoms with Crippen LogP contribution in [0.4, 0.5) is 0 Å². The van der Waals surface area contributed by atoms with Crippen LogP contribution < -0.4 is 9.47 Å². The van der Waals surface area contributed by atoms with Gasteiger partial charge in [0.05, 0.1) is 19.7 Å². The maximum absolute atomic E-state index is 12.9. The Morgan fingerprint density at radius 3 is 2.50 bits per heavy atom. The first-order valence-corrected chi connectivity index (χ1v) is 8.45. The van der Waals surface area contributed by atoms with Gasteiger partial charge < -0.3 is 14.4 Å². The summed E-state index contributed by atoms with van der Waals surface area (Å²) in [6.07, 6.45) is 0.766. The molecule has 0 unspecified atom stereocenters. The van der Waals surface area contributed by atoms with Gasteiger partial charge in [-0.3, -0.25) is 4.79 Å². The average Bonchev–Trinajstić information content (AvgIpc) is 2.71. The second-order valence-electron chi connectivity index (χ2n) is 6.24. The van der Waals surface area contributed by atoms with Gasteiger partial charge in [-0.05, 0) is 41.8 Å². The fourth-order valence-corrected chi connectivity index (χ4v) is 3.31. The van der Waals surface area contributed by atoms with Gasteiger partial charge in [-0.1, -0.05) is 18.2 Å². The third kappa shape index (κ3) is 2.83. The molecule has 1 aliphatic heterocycles. The Hall–Kier alpha value is -3.15. The van der Waals surface area contributed by atoms with Crippen molar-refractivity contribution in [3.63, 3.8) is 0 Å². The van der Waals surface area contributed by atoms with E-state index in [1.54, 1.807) is 25.2 Å². The summed E-state index contributed by atoms with van der Waals surface area (Å²) in [7, 11) is 3.24. The van der Waals surface area contributed by atoms with E-state index in [-0.39, 0.29) is 5.91 Å². The van der Waals surface area contributed by atoms with E-state index in [2.05, 4.69) is 10.2 Å². The Balaban J connectivity index is 1.62. The normalized spacial score (nSPS) is 13.4. The van der Waals surface area contributed by atoms with Crippen LogP contribution in [-0.2, 0) is 13.0 Å². The highest BCUT2D eigenvalue weighted by Gasteiger charge is 2.24. The van der Waals surface area contributed by atoms with Gasteiger partial charge in [0.2, 0.25) is 0 Å². The number of aromatic nitrogens is 2. The summed E-state index contributed by atoms with van der Waals surface area (Å²) in [6.45, 7) is 1.15. The molecule has 0 saturated carbocycles. The Kier molecular flexibility index (Phi) is 4.16. The fraction of sp³-hybridized carbons (Fsp3) is 0.250. The van der Waals surface area contributed by atoms with Gasteiger partial charge in [0.15, 0.2) is 17.2 Å². The van der Waals surface area contributed by atoms with Crippen molar-refractivity contribution in [2.45, 2.75) is 13.0 Å². The Labute approximate surface area is 151 Å². The molecule has 0 spiro atoms. The third-order valence-corrected chi connectivity index (χ3v) is 4.72. The zero-order chi connectivity index (χ0) is 18.1. The first kappa shape index (κ1) is 16.3.